The lowest BCUT2D eigenvalue weighted by atomic mass is 10.1. The second-order valence-corrected chi connectivity index (χ2v) is 7.59. The Kier molecular flexibility index (Phi) is 32.9. The third kappa shape index (κ3) is 33.0. The zero-order valence-corrected chi connectivity index (χ0v) is 19.9. The average molecular weight is 397 g/mol. The van der Waals surface area contributed by atoms with Crippen LogP contribution in [0.2, 0.25) is 0 Å². The predicted octanol–water partition coefficient (Wildman–Crippen LogP) is 9.35. The summed E-state index contributed by atoms with van der Waals surface area (Å²) in [5.74, 6) is 0. The van der Waals surface area contributed by atoms with Gasteiger partial charge in [0.2, 0.25) is 0 Å². The van der Waals surface area contributed by atoms with Crippen molar-refractivity contribution < 1.29 is 9.78 Å². The summed E-state index contributed by atoms with van der Waals surface area (Å²) < 4.78 is 0. The van der Waals surface area contributed by atoms with E-state index in [4.69, 9.17) is 4.89 Å². The fourth-order valence-electron chi connectivity index (χ4n) is 2.92. The number of allylic oxidation sites excluding steroid dienone is 4. The number of hydrogen-bond donors (Lipinski definition) is 0. The first-order chi connectivity index (χ1) is 13.8. The minimum atomic E-state index is 0.736. The molecule has 0 aliphatic heterocycles. The molecular weight excluding hydrogens is 344 g/mol. The molecule has 0 aliphatic rings. The maximum absolute atomic E-state index is 4.71. The van der Waals surface area contributed by atoms with Crippen LogP contribution in [0.5, 0.6) is 0 Å². The summed E-state index contributed by atoms with van der Waals surface area (Å²) in [6.07, 6.45) is 31.9. The van der Waals surface area contributed by atoms with Gasteiger partial charge in [0, 0.05) is 0 Å². The largest absolute Gasteiger partial charge is 0.240 e. The van der Waals surface area contributed by atoms with Crippen LogP contribution in [0, 0.1) is 0 Å². The normalized spacial score (nSPS) is 11.3. The Hall–Kier alpha value is -0.600. The SMILES string of the molecule is CC/C=C\CCCCCCCC/C=C/CCCC.CCCCCCCOOC. The summed E-state index contributed by atoms with van der Waals surface area (Å²) in [5, 5.41) is 0. The smallest absolute Gasteiger partial charge is 0.0822 e. The molecule has 0 amide bonds. The van der Waals surface area contributed by atoms with Crippen LogP contribution < -0.4 is 0 Å². The molecule has 2 heteroatoms. The van der Waals surface area contributed by atoms with E-state index < -0.39 is 0 Å². The summed E-state index contributed by atoms with van der Waals surface area (Å²) in [5.41, 5.74) is 0. The van der Waals surface area contributed by atoms with Gasteiger partial charge in [0.25, 0.3) is 0 Å². The Bertz CT molecular complexity index is 289. The fourth-order valence-corrected chi connectivity index (χ4v) is 2.92. The van der Waals surface area contributed by atoms with E-state index in [0.717, 1.165) is 13.0 Å². The summed E-state index contributed by atoms with van der Waals surface area (Å²) in [6.45, 7) is 7.41. The van der Waals surface area contributed by atoms with Gasteiger partial charge in [0.15, 0.2) is 0 Å². The predicted molar refractivity (Wildman–Crippen MR) is 127 cm³/mol. The van der Waals surface area contributed by atoms with Crippen LogP contribution in [0.1, 0.15) is 130 Å². The molecule has 0 rings (SSSR count). The number of unbranched alkanes of at least 4 members (excludes halogenated alkanes) is 13. The lowest BCUT2D eigenvalue weighted by Crippen LogP contribution is -1.92. The molecule has 0 fully saturated rings. The summed E-state index contributed by atoms with van der Waals surface area (Å²) in [7, 11) is 1.55. The Balaban J connectivity index is 0. The van der Waals surface area contributed by atoms with Crippen LogP contribution in [0.15, 0.2) is 24.3 Å². The zero-order chi connectivity index (χ0) is 21.0. The van der Waals surface area contributed by atoms with Crippen LogP contribution in [0.3, 0.4) is 0 Å². The van der Waals surface area contributed by atoms with Crippen LogP contribution in [0.4, 0.5) is 0 Å². The van der Waals surface area contributed by atoms with E-state index in [1.165, 1.54) is 103 Å². The molecule has 0 aromatic rings. The van der Waals surface area contributed by atoms with Gasteiger partial charge >= 0.3 is 0 Å². The molecule has 2 nitrogen and oxygen atoms in total. The Morgan fingerprint density at radius 3 is 1.50 bits per heavy atom. The molecule has 0 aromatic heterocycles. The maximum atomic E-state index is 4.71. The van der Waals surface area contributed by atoms with Crippen molar-refractivity contribution in [2.24, 2.45) is 0 Å². The summed E-state index contributed by atoms with van der Waals surface area (Å²) >= 11 is 0. The van der Waals surface area contributed by atoms with Crippen molar-refractivity contribution in [1.29, 1.82) is 0 Å². The van der Waals surface area contributed by atoms with Gasteiger partial charge in [0.05, 0.1) is 13.7 Å². The van der Waals surface area contributed by atoms with Crippen LogP contribution >= 0.6 is 0 Å². The monoisotopic (exact) mass is 396 g/mol. The lowest BCUT2D eigenvalue weighted by molar-refractivity contribution is -0.272. The first-order valence-corrected chi connectivity index (χ1v) is 12.3. The van der Waals surface area contributed by atoms with E-state index in [1.807, 2.05) is 0 Å². The van der Waals surface area contributed by atoms with E-state index >= 15 is 0 Å². The van der Waals surface area contributed by atoms with Crippen LogP contribution in [-0.4, -0.2) is 13.7 Å². The quantitative estimate of drug-likeness (QED) is 0.0883. The second-order valence-electron chi connectivity index (χ2n) is 7.59. The van der Waals surface area contributed by atoms with Gasteiger partial charge in [-0.1, -0.05) is 109 Å². The second kappa shape index (κ2) is 31.1. The van der Waals surface area contributed by atoms with Gasteiger partial charge in [-0.25, -0.2) is 9.78 Å². The van der Waals surface area contributed by atoms with E-state index in [9.17, 15) is 0 Å². The van der Waals surface area contributed by atoms with E-state index in [-0.39, 0.29) is 0 Å². The van der Waals surface area contributed by atoms with Crippen molar-refractivity contribution in [2.75, 3.05) is 13.7 Å². The van der Waals surface area contributed by atoms with Gasteiger partial charge in [-0.15, -0.1) is 0 Å². The highest BCUT2D eigenvalue weighted by molar-refractivity contribution is 4.81. The highest BCUT2D eigenvalue weighted by Gasteiger charge is 1.90. The zero-order valence-electron chi connectivity index (χ0n) is 19.9. The molecule has 0 N–H and O–H groups in total. The number of hydrogen-bond acceptors (Lipinski definition) is 2. The molecule has 0 unspecified atom stereocenters. The van der Waals surface area contributed by atoms with Crippen LogP contribution in [0.25, 0.3) is 0 Å². The van der Waals surface area contributed by atoms with Crippen molar-refractivity contribution in [2.45, 2.75) is 130 Å². The van der Waals surface area contributed by atoms with Crippen molar-refractivity contribution in [1.82, 2.24) is 0 Å². The molecule has 28 heavy (non-hydrogen) atoms. The van der Waals surface area contributed by atoms with Crippen LogP contribution in [-0.2, 0) is 9.78 Å². The van der Waals surface area contributed by atoms with Gasteiger partial charge in [0.1, 0.15) is 0 Å². The molecule has 0 heterocycles. The van der Waals surface area contributed by atoms with Gasteiger partial charge in [-0.2, -0.15) is 0 Å². The van der Waals surface area contributed by atoms with Gasteiger partial charge in [-0.05, 0) is 44.9 Å². The molecule has 0 saturated heterocycles. The fraction of sp³-hybridized carbons (Fsp3) is 0.846. The van der Waals surface area contributed by atoms with Gasteiger partial charge < -0.3 is 0 Å². The molecule has 0 saturated carbocycles. The van der Waals surface area contributed by atoms with Crippen molar-refractivity contribution in [3.05, 3.63) is 24.3 Å². The van der Waals surface area contributed by atoms with Gasteiger partial charge in [-0.3, -0.25) is 0 Å². The molecule has 0 bridgehead atoms. The Labute approximate surface area is 178 Å². The Morgan fingerprint density at radius 1 is 0.500 bits per heavy atom. The molecule has 0 aliphatic carbocycles. The van der Waals surface area contributed by atoms with E-state index in [1.54, 1.807) is 7.11 Å². The summed E-state index contributed by atoms with van der Waals surface area (Å²) in [6, 6.07) is 0. The van der Waals surface area contributed by atoms with Crippen molar-refractivity contribution >= 4 is 0 Å². The topological polar surface area (TPSA) is 18.5 Å². The lowest BCUT2D eigenvalue weighted by Gasteiger charge is -1.99. The molecule has 0 atom stereocenters. The Morgan fingerprint density at radius 2 is 0.964 bits per heavy atom. The standard InChI is InChI=1S/C18H34.C8H18O2/c1-3-5-7-9-11-13-15-17-18-16-14-12-10-8-6-4-2;1-3-4-5-6-7-8-10-9-2/h5,7,10,12H,3-4,6,8-9,11,13-18H2,1-2H3;3-8H2,1-2H3/b7-5-,12-10+;. The molecule has 0 radical (unpaired) electrons. The molecule has 0 spiro atoms. The third-order valence-corrected chi connectivity index (χ3v) is 4.73. The summed E-state index contributed by atoms with van der Waals surface area (Å²) in [4.78, 5) is 9.16. The third-order valence-electron chi connectivity index (χ3n) is 4.73. The highest BCUT2D eigenvalue weighted by Crippen LogP contribution is 2.09. The average Bonchev–Trinajstić information content (AvgIpc) is 2.71. The first-order valence-electron chi connectivity index (χ1n) is 12.3. The number of rotatable bonds is 20. The van der Waals surface area contributed by atoms with Crippen molar-refractivity contribution in [3.63, 3.8) is 0 Å². The minimum Gasteiger partial charge on any atom is -0.240 e. The molecule has 168 valence electrons. The molecule has 0 aromatic carbocycles. The van der Waals surface area contributed by atoms with Crippen molar-refractivity contribution in [3.8, 4) is 0 Å². The highest BCUT2D eigenvalue weighted by atomic mass is 17.2. The molecular formula is C26H52O2. The first kappa shape index (κ1) is 29.6. The maximum Gasteiger partial charge on any atom is 0.0822 e. The van der Waals surface area contributed by atoms with E-state index in [2.05, 4.69) is 50.0 Å². The van der Waals surface area contributed by atoms with E-state index in [0.29, 0.717) is 0 Å². The minimum absolute atomic E-state index is 0.736.